The SMILES string of the molecule is CCCCNC(=O)c1cc(-c2csc(-c3ccc(OC)cc3)n2)n(CC(C)C)c1C. The van der Waals surface area contributed by atoms with Crippen LogP contribution in [-0.2, 0) is 6.54 Å². The number of hydrogen-bond acceptors (Lipinski definition) is 4. The molecule has 2 heterocycles. The molecule has 0 aliphatic carbocycles. The Kier molecular flexibility index (Phi) is 7.32. The van der Waals surface area contributed by atoms with Crippen LogP contribution in [0, 0.1) is 12.8 Å². The molecule has 0 saturated heterocycles. The predicted octanol–water partition coefficient (Wildman–Crippen LogP) is 5.78. The number of rotatable bonds is 9. The van der Waals surface area contributed by atoms with Crippen LogP contribution in [0.2, 0.25) is 0 Å². The zero-order chi connectivity index (χ0) is 21.7. The number of carbonyl (C=O) groups is 1. The van der Waals surface area contributed by atoms with E-state index < -0.39 is 0 Å². The molecule has 1 N–H and O–H groups in total. The third kappa shape index (κ3) is 4.93. The van der Waals surface area contributed by atoms with Crippen molar-refractivity contribution in [2.75, 3.05) is 13.7 Å². The molecule has 0 radical (unpaired) electrons. The standard InChI is InChI=1S/C24H31N3O2S/c1-6-7-12-25-23(28)20-13-22(27(17(20)4)14-16(2)3)21-15-30-24(26-21)18-8-10-19(29-5)11-9-18/h8-11,13,15-16H,6-7,12,14H2,1-5H3,(H,25,28). The number of ether oxygens (including phenoxy) is 1. The van der Waals surface area contributed by atoms with Crippen LogP contribution in [0.25, 0.3) is 22.0 Å². The fraction of sp³-hybridized carbons (Fsp3) is 0.417. The van der Waals surface area contributed by atoms with Gasteiger partial charge in [-0.05, 0) is 49.6 Å². The van der Waals surface area contributed by atoms with E-state index in [1.54, 1.807) is 18.4 Å². The molecular weight excluding hydrogens is 394 g/mol. The summed E-state index contributed by atoms with van der Waals surface area (Å²) in [6.45, 7) is 10.1. The number of amides is 1. The monoisotopic (exact) mass is 425 g/mol. The van der Waals surface area contributed by atoms with Crippen molar-refractivity contribution in [1.29, 1.82) is 0 Å². The van der Waals surface area contributed by atoms with E-state index in [9.17, 15) is 4.79 Å². The lowest BCUT2D eigenvalue weighted by molar-refractivity contribution is 0.0952. The second-order valence-corrected chi connectivity index (χ2v) is 8.77. The van der Waals surface area contributed by atoms with Gasteiger partial charge in [-0.3, -0.25) is 4.79 Å². The first kappa shape index (κ1) is 22.1. The lowest BCUT2D eigenvalue weighted by Crippen LogP contribution is -2.24. The van der Waals surface area contributed by atoms with Crippen molar-refractivity contribution in [1.82, 2.24) is 14.9 Å². The smallest absolute Gasteiger partial charge is 0.253 e. The molecule has 0 spiro atoms. The Morgan fingerprint density at radius 3 is 2.63 bits per heavy atom. The molecule has 0 saturated carbocycles. The van der Waals surface area contributed by atoms with Crippen molar-refractivity contribution in [2.24, 2.45) is 5.92 Å². The van der Waals surface area contributed by atoms with E-state index in [1.165, 1.54) is 0 Å². The van der Waals surface area contributed by atoms with Gasteiger partial charge in [-0.25, -0.2) is 4.98 Å². The summed E-state index contributed by atoms with van der Waals surface area (Å²) in [5.74, 6) is 1.29. The summed E-state index contributed by atoms with van der Waals surface area (Å²) in [7, 11) is 1.66. The van der Waals surface area contributed by atoms with Crippen LogP contribution >= 0.6 is 11.3 Å². The van der Waals surface area contributed by atoms with Crippen LogP contribution < -0.4 is 10.1 Å². The maximum atomic E-state index is 12.8. The number of carbonyl (C=O) groups excluding carboxylic acids is 1. The van der Waals surface area contributed by atoms with E-state index in [-0.39, 0.29) is 5.91 Å². The van der Waals surface area contributed by atoms with Crippen LogP contribution in [0.3, 0.4) is 0 Å². The highest BCUT2D eigenvalue weighted by Gasteiger charge is 2.20. The predicted molar refractivity (Wildman–Crippen MR) is 124 cm³/mol. The Balaban J connectivity index is 1.94. The molecule has 0 aliphatic heterocycles. The van der Waals surface area contributed by atoms with E-state index in [0.717, 1.165) is 58.4 Å². The van der Waals surface area contributed by atoms with Gasteiger partial charge in [-0.2, -0.15) is 0 Å². The van der Waals surface area contributed by atoms with Crippen molar-refractivity contribution in [2.45, 2.75) is 47.1 Å². The number of benzene rings is 1. The highest BCUT2D eigenvalue weighted by molar-refractivity contribution is 7.13. The number of hydrogen-bond donors (Lipinski definition) is 1. The summed E-state index contributed by atoms with van der Waals surface area (Å²) in [4.78, 5) is 17.6. The van der Waals surface area contributed by atoms with Crippen molar-refractivity contribution in [3.8, 4) is 27.7 Å². The van der Waals surface area contributed by atoms with Gasteiger partial charge in [0.2, 0.25) is 0 Å². The number of unbranched alkanes of at least 4 members (excludes halogenated alkanes) is 1. The molecule has 30 heavy (non-hydrogen) atoms. The van der Waals surface area contributed by atoms with Gasteiger partial charge < -0.3 is 14.6 Å². The van der Waals surface area contributed by atoms with E-state index in [2.05, 4.69) is 36.0 Å². The lowest BCUT2D eigenvalue weighted by Gasteiger charge is -2.13. The van der Waals surface area contributed by atoms with Crippen molar-refractivity contribution in [3.05, 3.63) is 47.0 Å². The molecule has 0 unspecified atom stereocenters. The average molecular weight is 426 g/mol. The number of nitrogens with zero attached hydrogens (tertiary/aromatic N) is 2. The van der Waals surface area contributed by atoms with Crippen LogP contribution in [0.15, 0.2) is 35.7 Å². The van der Waals surface area contributed by atoms with Gasteiger partial charge in [0.15, 0.2) is 0 Å². The number of methoxy groups -OCH3 is 1. The van der Waals surface area contributed by atoms with Gasteiger partial charge in [-0.1, -0.05) is 27.2 Å². The lowest BCUT2D eigenvalue weighted by atomic mass is 10.2. The first-order valence-electron chi connectivity index (χ1n) is 10.5. The molecule has 0 bridgehead atoms. The summed E-state index contributed by atoms with van der Waals surface area (Å²) < 4.78 is 7.48. The van der Waals surface area contributed by atoms with Gasteiger partial charge in [0, 0.05) is 29.7 Å². The van der Waals surface area contributed by atoms with E-state index in [4.69, 9.17) is 9.72 Å². The topological polar surface area (TPSA) is 56.1 Å². The van der Waals surface area contributed by atoms with E-state index >= 15 is 0 Å². The second kappa shape index (κ2) is 9.94. The molecule has 2 aromatic heterocycles. The van der Waals surface area contributed by atoms with Gasteiger partial charge in [-0.15, -0.1) is 11.3 Å². The Morgan fingerprint density at radius 2 is 2.00 bits per heavy atom. The normalized spacial score (nSPS) is 11.1. The zero-order valence-electron chi connectivity index (χ0n) is 18.5. The highest BCUT2D eigenvalue weighted by atomic mass is 32.1. The molecule has 3 rings (SSSR count). The Morgan fingerprint density at radius 1 is 1.27 bits per heavy atom. The summed E-state index contributed by atoms with van der Waals surface area (Å²) in [5.41, 5.74) is 4.69. The first-order valence-corrected chi connectivity index (χ1v) is 11.4. The van der Waals surface area contributed by atoms with Crippen molar-refractivity contribution in [3.63, 3.8) is 0 Å². The third-order valence-electron chi connectivity index (χ3n) is 5.08. The van der Waals surface area contributed by atoms with Gasteiger partial charge in [0.1, 0.15) is 10.8 Å². The minimum absolute atomic E-state index is 0.00434. The van der Waals surface area contributed by atoms with Crippen LogP contribution in [0.4, 0.5) is 0 Å². The largest absolute Gasteiger partial charge is 0.497 e. The molecule has 1 aromatic carbocycles. The first-order chi connectivity index (χ1) is 14.4. The molecule has 0 atom stereocenters. The summed E-state index contributed by atoms with van der Waals surface area (Å²) in [6, 6.07) is 9.92. The molecule has 6 heteroatoms. The number of nitrogens with one attached hydrogen (secondary N) is 1. The summed E-state index contributed by atoms with van der Waals surface area (Å²) >= 11 is 1.61. The van der Waals surface area contributed by atoms with Gasteiger partial charge in [0.25, 0.3) is 5.91 Å². The molecule has 1 amide bonds. The van der Waals surface area contributed by atoms with Crippen molar-refractivity contribution < 1.29 is 9.53 Å². The Bertz CT molecular complexity index is 987. The number of aromatic nitrogens is 2. The van der Waals surface area contributed by atoms with Crippen LogP contribution in [-0.4, -0.2) is 29.1 Å². The summed E-state index contributed by atoms with van der Waals surface area (Å²) in [6.07, 6.45) is 2.05. The minimum Gasteiger partial charge on any atom is -0.497 e. The van der Waals surface area contributed by atoms with Crippen molar-refractivity contribution >= 4 is 17.2 Å². The van der Waals surface area contributed by atoms with Crippen LogP contribution in [0.1, 0.15) is 49.7 Å². The highest BCUT2D eigenvalue weighted by Crippen LogP contribution is 2.32. The maximum Gasteiger partial charge on any atom is 0.253 e. The molecule has 5 nitrogen and oxygen atoms in total. The molecule has 3 aromatic rings. The Labute approximate surface area is 183 Å². The molecule has 0 aliphatic rings. The Hall–Kier alpha value is -2.60. The molecule has 160 valence electrons. The second-order valence-electron chi connectivity index (χ2n) is 7.91. The zero-order valence-corrected chi connectivity index (χ0v) is 19.3. The minimum atomic E-state index is -0.00434. The fourth-order valence-corrected chi connectivity index (χ4v) is 4.24. The van der Waals surface area contributed by atoms with Gasteiger partial charge >= 0.3 is 0 Å². The number of thiazole rings is 1. The van der Waals surface area contributed by atoms with Gasteiger partial charge in [0.05, 0.1) is 24.1 Å². The maximum absolute atomic E-state index is 12.8. The van der Waals surface area contributed by atoms with Crippen LogP contribution in [0.5, 0.6) is 5.75 Å². The molecule has 0 fully saturated rings. The third-order valence-corrected chi connectivity index (χ3v) is 5.97. The molecular formula is C24H31N3O2S. The van der Waals surface area contributed by atoms with E-state index in [1.807, 2.05) is 37.3 Å². The van der Waals surface area contributed by atoms with E-state index in [0.29, 0.717) is 12.5 Å². The summed E-state index contributed by atoms with van der Waals surface area (Å²) in [5, 5.41) is 6.07. The fourth-order valence-electron chi connectivity index (χ4n) is 3.42. The average Bonchev–Trinajstić information content (AvgIpc) is 3.34. The quantitative estimate of drug-likeness (QED) is 0.442.